The Bertz CT molecular complexity index is 530. The maximum absolute atomic E-state index is 6.12. The van der Waals surface area contributed by atoms with Gasteiger partial charge in [0.05, 0.1) is 5.02 Å². The first-order valence-corrected chi connectivity index (χ1v) is 6.00. The Morgan fingerprint density at radius 2 is 2.06 bits per heavy atom. The monoisotopic (exact) mass is 252 g/mol. The summed E-state index contributed by atoms with van der Waals surface area (Å²) in [4.78, 5) is 7.67. The van der Waals surface area contributed by atoms with Crippen molar-refractivity contribution < 1.29 is 0 Å². The van der Waals surface area contributed by atoms with Crippen molar-refractivity contribution >= 4 is 23.2 Å². The molecule has 1 heterocycles. The van der Waals surface area contributed by atoms with Crippen LogP contribution in [0.5, 0.6) is 0 Å². The molecule has 3 rings (SSSR count). The second kappa shape index (κ2) is 3.79. The van der Waals surface area contributed by atoms with Crippen molar-refractivity contribution in [2.24, 2.45) is 0 Å². The predicted octanol–water partition coefficient (Wildman–Crippen LogP) is 4.26. The zero-order valence-electron chi connectivity index (χ0n) is 8.50. The van der Waals surface area contributed by atoms with E-state index in [1.165, 1.54) is 18.5 Å². The average Bonchev–Trinajstić information content (AvgIpc) is 2.98. The lowest BCUT2D eigenvalue weighted by molar-refractivity contribution is 1.05. The number of hydrogen-bond donors (Lipinski definition) is 1. The van der Waals surface area contributed by atoms with Gasteiger partial charge in [-0.3, -0.25) is 0 Å². The van der Waals surface area contributed by atoms with E-state index in [-0.39, 0.29) is 0 Å². The Labute approximate surface area is 104 Å². The summed E-state index contributed by atoms with van der Waals surface area (Å²) >= 11 is 12.0. The van der Waals surface area contributed by atoms with Crippen molar-refractivity contribution in [3.05, 3.63) is 40.1 Å². The molecule has 82 valence electrons. The highest BCUT2D eigenvalue weighted by molar-refractivity contribution is 6.36. The number of aromatic amines is 1. The molecule has 0 bridgehead atoms. The minimum Gasteiger partial charge on any atom is -0.342 e. The van der Waals surface area contributed by atoms with Gasteiger partial charge in [0, 0.05) is 28.4 Å². The number of halogens is 2. The molecule has 1 aliphatic rings. The van der Waals surface area contributed by atoms with Crippen molar-refractivity contribution in [3.63, 3.8) is 0 Å². The third kappa shape index (κ3) is 1.83. The largest absolute Gasteiger partial charge is 0.342 e. The fourth-order valence-corrected chi connectivity index (χ4v) is 2.25. The van der Waals surface area contributed by atoms with Gasteiger partial charge in [0.15, 0.2) is 0 Å². The van der Waals surface area contributed by atoms with Crippen molar-refractivity contribution in [2.75, 3.05) is 0 Å². The molecule has 1 saturated carbocycles. The van der Waals surface area contributed by atoms with Crippen LogP contribution in [0.2, 0.25) is 10.0 Å². The zero-order valence-corrected chi connectivity index (χ0v) is 10.0. The summed E-state index contributed by atoms with van der Waals surface area (Å²) in [6.45, 7) is 0. The molecule has 0 atom stereocenters. The van der Waals surface area contributed by atoms with Crippen LogP contribution in [0.25, 0.3) is 11.4 Å². The molecule has 1 aromatic heterocycles. The molecular weight excluding hydrogens is 243 g/mol. The number of nitrogens with zero attached hydrogens (tertiary/aromatic N) is 1. The van der Waals surface area contributed by atoms with E-state index < -0.39 is 0 Å². The average molecular weight is 253 g/mol. The topological polar surface area (TPSA) is 28.7 Å². The highest BCUT2D eigenvalue weighted by atomic mass is 35.5. The molecule has 0 spiro atoms. The number of nitrogens with one attached hydrogen (secondary N) is 1. The molecule has 4 heteroatoms. The van der Waals surface area contributed by atoms with Gasteiger partial charge < -0.3 is 4.98 Å². The summed E-state index contributed by atoms with van der Waals surface area (Å²) in [6.07, 6.45) is 4.42. The van der Waals surface area contributed by atoms with Crippen molar-refractivity contribution in [1.82, 2.24) is 9.97 Å². The molecule has 2 aromatic rings. The first-order valence-electron chi connectivity index (χ1n) is 5.24. The highest BCUT2D eigenvalue weighted by Crippen LogP contribution is 2.40. The first-order chi connectivity index (χ1) is 7.74. The third-order valence-corrected chi connectivity index (χ3v) is 3.35. The number of aromatic nitrogens is 2. The van der Waals surface area contributed by atoms with Gasteiger partial charge in [0.25, 0.3) is 0 Å². The summed E-state index contributed by atoms with van der Waals surface area (Å²) in [5.41, 5.74) is 2.11. The molecule has 0 aliphatic heterocycles. The van der Waals surface area contributed by atoms with Crippen LogP contribution in [0, 0.1) is 0 Å². The van der Waals surface area contributed by atoms with Gasteiger partial charge in [0.1, 0.15) is 5.82 Å². The third-order valence-electron chi connectivity index (χ3n) is 2.80. The molecule has 0 amide bonds. The summed E-state index contributed by atoms with van der Waals surface area (Å²) in [5.74, 6) is 1.50. The van der Waals surface area contributed by atoms with Gasteiger partial charge in [-0.1, -0.05) is 23.2 Å². The van der Waals surface area contributed by atoms with E-state index in [1.807, 2.05) is 18.3 Å². The normalized spacial score (nSPS) is 15.4. The lowest BCUT2D eigenvalue weighted by Gasteiger charge is -2.00. The molecule has 1 N–H and O–H groups in total. The Morgan fingerprint density at radius 1 is 1.25 bits per heavy atom. The molecule has 0 radical (unpaired) electrons. The minimum atomic E-state index is 0.629. The molecule has 1 aromatic carbocycles. The standard InChI is InChI=1S/C12H10Cl2N2/c13-8-3-4-9(10(14)5-8)12-15-6-11(16-12)7-1-2-7/h3-7H,1-2H2,(H,15,16). The summed E-state index contributed by atoms with van der Waals surface area (Å²) in [6, 6.07) is 5.44. The molecule has 0 unspecified atom stereocenters. The van der Waals surface area contributed by atoms with E-state index in [2.05, 4.69) is 9.97 Å². The lowest BCUT2D eigenvalue weighted by atomic mass is 10.2. The highest BCUT2D eigenvalue weighted by Gasteiger charge is 2.25. The predicted molar refractivity (Wildman–Crippen MR) is 66.0 cm³/mol. The second-order valence-corrected chi connectivity index (χ2v) is 4.93. The van der Waals surface area contributed by atoms with Gasteiger partial charge in [0.2, 0.25) is 0 Å². The number of hydrogen-bond acceptors (Lipinski definition) is 1. The van der Waals surface area contributed by atoms with Crippen molar-refractivity contribution in [1.29, 1.82) is 0 Å². The molecule has 2 nitrogen and oxygen atoms in total. The maximum Gasteiger partial charge on any atom is 0.138 e. The van der Waals surface area contributed by atoms with Crippen LogP contribution >= 0.6 is 23.2 Å². The first kappa shape index (κ1) is 10.2. The Kier molecular flexibility index (Phi) is 2.41. The number of imidazole rings is 1. The van der Waals surface area contributed by atoms with E-state index >= 15 is 0 Å². The van der Waals surface area contributed by atoms with Crippen LogP contribution in [-0.4, -0.2) is 9.97 Å². The summed E-state index contributed by atoms with van der Waals surface area (Å²) in [5, 5.41) is 1.27. The quantitative estimate of drug-likeness (QED) is 0.850. The van der Waals surface area contributed by atoms with Crippen LogP contribution in [0.15, 0.2) is 24.4 Å². The molecular formula is C12H10Cl2N2. The van der Waals surface area contributed by atoms with Gasteiger partial charge in [-0.2, -0.15) is 0 Å². The fraction of sp³-hybridized carbons (Fsp3) is 0.250. The SMILES string of the molecule is Clc1ccc(-c2ncc(C3CC3)[nH]2)c(Cl)c1. The lowest BCUT2D eigenvalue weighted by Crippen LogP contribution is -1.83. The van der Waals surface area contributed by atoms with Crippen LogP contribution in [0.3, 0.4) is 0 Å². The van der Waals surface area contributed by atoms with E-state index in [0.29, 0.717) is 16.0 Å². The van der Waals surface area contributed by atoms with Crippen LogP contribution < -0.4 is 0 Å². The number of H-pyrrole nitrogens is 1. The molecule has 1 fully saturated rings. The zero-order chi connectivity index (χ0) is 11.1. The maximum atomic E-state index is 6.12. The Hall–Kier alpha value is -0.990. The van der Waals surface area contributed by atoms with E-state index in [9.17, 15) is 0 Å². The van der Waals surface area contributed by atoms with Gasteiger partial charge in [-0.25, -0.2) is 4.98 Å². The molecule has 16 heavy (non-hydrogen) atoms. The second-order valence-electron chi connectivity index (χ2n) is 4.09. The van der Waals surface area contributed by atoms with Crippen LogP contribution in [0.4, 0.5) is 0 Å². The van der Waals surface area contributed by atoms with Crippen molar-refractivity contribution in [3.8, 4) is 11.4 Å². The summed E-state index contributed by atoms with van der Waals surface area (Å²) in [7, 11) is 0. The minimum absolute atomic E-state index is 0.629. The van der Waals surface area contributed by atoms with Crippen LogP contribution in [-0.2, 0) is 0 Å². The number of rotatable bonds is 2. The molecule has 1 aliphatic carbocycles. The van der Waals surface area contributed by atoms with Gasteiger partial charge in [-0.05, 0) is 31.0 Å². The summed E-state index contributed by atoms with van der Waals surface area (Å²) < 4.78 is 0. The van der Waals surface area contributed by atoms with Crippen LogP contribution in [0.1, 0.15) is 24.5 Å². The molecule has 0 saturated heterocycles. The fourth-order valence-electron chi connectivity index (χ4n) is 1.76. The number of benzene rings is 1. The van der Waals surface area contributed by atoms with Gasteiger partial charge >= 0.3 is 0 Å². The van der Waals surface area contributed by atoms with E-state index in [4.69, 9.17) is 23.2 Å². The van der Waals surface area contributed by atoms with Gasteiger partial charge in [-0.15, -0.1) is 0 Å². The smallest absolute Gasteiger partial charge is 0.138 e. The van der Waals surface area contributed by atoms with Crippen molar-refractivity contribution in [2.45, 2.75) is 18.8 Å². The Balaban J connectivity index is 2.00. The van der Waals surface area contributed by atoms with E-state index in [1.54, 1.807) is 6.07 Å². The van der Waals surface area contributed by atoms with E-state index in [0.717, 1.165) is 11.4 Å². The Morgan fingerprint density at radius 3 is 2.75 bits per heavy atom.